The molecule has 1 aliphatic rings. The van der Waals surface area contributed by atoms with Crippen LogP contribution in [0.15, 0.2) is 12.1 Å². The van der Waals surface area contributed by atoms with Gasteiger partial charge in [0.2, 0.25) is 0 Å². The van der Waals surface area contributed by atoms with Crippen LogP contribution in [0.4, 0.5) is 23.7 Å². The number of carbonyl (C=O) groups is 1. The van der Waals surface area contributed by atoms with Gasteiger partial charge in [0, 0.05) is 25.2 Å². The number of β-amino-alcohol motifs (C(OH)–C–C–N with tert-alkyl or cyclic N) is 1. The summed E-state index contributed by atoms with van der Waals surface area (Å²) < 4.78 is 39.3. The van der Waals surface area contributed by atoms with Crippen LogP contribution in [0.2, 0.25) is 0 Å². The Balaban J connectivity index is 1.93. The zero-order chi connectivity index (χ0) is 15.5. The first-order valence-corrected chi connectivity index (χ1v) is 6.52. The maximum atomic E-state index is 13.4. The van der Waals surface area contributed by atoms with Crippen LogP contribution in [-0.2, 0) is 0 Å². The Morgan fingerprint density at radius 2 is 2.14 bits per heavy atom. The molecule has 1 aliphatic heterocycles. The van der Waals surface area contributed by atoms with Crippen molar-refractivity contribution in [2.75, 3.05) is 25.0 Å². The van der Waals surface area contributed by atoms with Crippen LogP contribution in [-0.4, -0.2) is 36.4 Å². The van der Waals surface area contributed by atoms with E-state index >= 15 is 0 Å². The number of amides is 2. The second-order valence-corrected chi connectivity index (χ2v) is 5.06. The van der Waals surface area contributed by atoms with Crippen molar-refractivity contribution >= 4 is 11.7 Å². The Kier molecular flexibility index (Phi) is 4.69. The van der Waals surface area contributed by atoms with Crippen molar-refractivity contribution < 1.29 is 23.1 Å². The van der Waals surface area contributed by atoms with E-state index in [2.05, 4.69) is 10.6 Å². The van der Waals surface area contributed by atoms with Crippen LogP contribution in [0.1, 0.15) is 12.8 Å². The molecule has 21 heavy (non-hydrogen) atoms. The molecule has 8 heteroatoms. The minimum Gasteiger partial charge on any atom is -0.387 e. The third-order valence-electron chi connectivity index (χ3n) is 3.27. The Morgan fingerprint density at radius 1 is 1.38 bits per heavy atom. The molecule has 2 amide bonds. The highest BCUT2D eigenvalue weighted by Gasteiger charge is 2.29. The second-order valence-electron chi connectivity index (χ2n) is 5.06. The third kappa shape index (κ3) is 4.08. The van der Waals surface area contributed by atoms with Crippen molar-refractivity contribution in [1.82, 2.24) is 10.6 Å². The molecule has 1 fully saturated rings. The summed E-state index contributed by atoms with van der Waals surface area (Å²) in [5.74, 6) is -3.73. The standard InChI is InChI=1S/C13H16F3N3O2/c14-8-4-9(15)11(16)10(5-8)19-12(20)18-7-13(21)2-1-3-17-6-13/h4-5,17,21H,1-3,6-7H2,(H2,18,19,20)/t13-/m0/s1. The number of hydrogen-bond acceptors (Lipinski definition) is 3. The van der Waals surface area contributed by atoms with E-state index in [0.29, 0.717) is 25.1 Å². The van der Waals surface area contributed by atoms with Crippen molar-refractivity contribution in [2.24, 2.45) is 0 Å². The van der Waals surface area contributed by atoms with Gasteiger partial charge in [-0.15, -0.1) is 0 Å². The molecule has 0 bridgehead atoms. The van der Waals surface area contributed by atoms with Crippen molar-refractivity contribution in [1.29, 1.82) is 0 Å². The molecule has 1 saturated heterocycles. The number of halogens is 3. The largest absolute Gasteiger partial charge is 0.387 e. The molecule has 0 radical (unpaired) electrons. The topological polar surface area (TPSA) is 73.4 Å². The van der Waals surface area contributed by atoms with Crippen LogP contribution in [0.25, 0.3) is 0 Å². The minimum absolute atomic E-state index is 0.0503. The van der Waals surface area contributed by atoms with E-state index in [1.165, 1.54) is 0 Å². The molecule has 1 heterocycles. The number of benzene rings is 1. The van der Waals surface area contributed by atoms with Gasteiger partial charge in [-0.2, -0.15) is 0 Å². The van der Waals surface area contributed by atoms with E-state index in [-0.39, 0.29) is 6.54 Å². The Bertz CT molecular complexity index is 534. The Morgan fingerprint density at radius 3 is 2.81 bits per heavy atom. The van der Waals surface area contributed by atoms with Gasteiger partial charge < -0.3 is 21.1 Å². The van der Waals surface area contributed by atoms with E-state index < -0.39 is 34.8 Å². The highest BCUT2D eigenvalue weighted by Crippen LogP contribution is 2.19. The van der Waals surface area contributed by atoms with E-state index in [1.54, 1.807) is 0 Å². The fraction of sp³-hybridized carbons (Fsp3) is 0.462. The van der Waals surface area contributed by atoms with Gasteiger partial charge in [0.05, 0.1) is 11.3 Å². The van der Waals surface area contributed by atoms with Gasteiger partial charge in [0.1, 0.15) is 5.82 Å². The average molecular weight is 303 g/mol. The number of rotatable bonds is 3. The summed E-state index contributed by atoms with van der Waals surface area (Å²) in [5.41, 5.74) is -1.68. The van der Waals surface area contributed by atoms with Gasteiger partial charge in [-0.05, 0) is 19.4 Å². The summed E-state index contributed by atoms with van der Waals surface area (Å²) in [6, 6.07) is 0.210. The molecule has 5 nitrogen and oxygen atoms in total. The summed E-state index contributed by atoms with van der Waals surface area (Å²) in [5, 5.41) is 17.5. The molecule has 0 unspecified atom stereocenters. The molecule has 0 aliphatic carbocycles. The monoisotopic (exact) mass is 303 g/mol. The van der Waals surface area contributed by atoms with Gasteiger partial charge in [-0.25, -0.2) is 18.0 Å². The maximum Gasteiger partial charge on any atom is 0.319 e. The fourth-order valence-corrected chi connectivity index (χ4v) is 2.16. The highest BCUT2D eigenvalue weighted by atomic mass is 19.2. The second kappa shape index (κ2) is 6.31. The zero-order valence-corrected chi connectivity index (χ0v) is 11.2. The van der Waals surface area contributed by atoms with Crippen LogP contribution in [0.3, 0.4) is 0 Å². The first kappa shape index (κ1) is 15.6. The smallest absolute Gasteiger partial charge is 0.319 e. The minimum atomic E-state index is -1.39. The highest BCUT2D eigenvalue weighted by molar-refractivity contribution is 5.89. The maximum absolute atomic E-state index is 13.4. The van der Waals surface area contributed by atoms with Gasteiger partial charge in [-0.1, -0.05) is 0 Å². The lowest BCUT2D eigenvalue weighted by Crippen LogP contribution is -2.53. The number of nitrogens with one attached hydrogen (secondary N) is 3. The van der Waals surface area contributed by atoms with Crippen molar-refractivity contribution in [2.45, 2.75) is 18.4 Å². The molecular weight excluding hydrogens is 287 g/mol. The number of hydrogen-bond donors (Lipinski definition) is 4. The molecule has 116 valence electrons. The quantitative estimate of drug-likeness (QED) is 0.637. The molecule has 0 aromatic heterocycles. The lowest BCUT2D eigenvalue weighted by molar-refractivity contribution is 0.0198. The van der Waals surface area contributed by atoms with Gasteiger partial charge in [0.15, 0.2) is 11.6 Å². The number of piperidine rings is 1. The predicted molar refractivity (Wildman–Crippen MR) is 70.4 cm³/mol. The first-order valence-electron chi connectivity index (χ1n) is 6.52. The van der Waals surface area contributed by atoms with E-state index in [1.807, 2.05) is 5.32 Å². The average Bonchev–Trinajstić information content (AvgIpc) is 2.43. The van der Waals surface area contributed by atoms with E-state index in [0.717, 1.165) is 13.0 Å². The summed E-state index contributed by atoms with van der Waals surface area (Å²) in [7, 11) is 0. The van der Waals surface area contributed by atoms with Crippen molar-refractivity contribution in [3.05, 3.63) is 29.6 Å². The third-order valence-corrected chi connectivity index (χ3v) is 3.27. The van der Waals surface area contributed by atoms with Crippen LogP contribution < -0.4 is 16.0 Å². The number of carbonyl (C=O) groups excluding carboxylic acids is 1. The summed E-state index contributed by atoms with van der Waals surface area (Å²) in [4.78, 5) is 11.6. The van der Waals surface area contributed by atoms with Crippen LogP contribution >= 0.6 is 0 Å². The molecule has 1 aromatic carbocycles. The Labute approximate surface area is 119 Å². The molecule has 1 atom stereocenters. The normalized spacial score (nSPS) is 21.9. The first-order chi connectivity index (χ1) is 9.89. The number of anilines is 1. The van der Waals surface area contributed by atoms with Gasteiger partial charge in [0.25, 0.3) is 0 Å². The lowest BCUT2D eigenvalue weighted by atomic mass is 9.94. The van der Waals surface area contributed by atoms with Crippen molar-refractivity contribution in [3.8, 4) is 0 Å². The van der Waals surface area contributed by atoms with Gasteiger partial charge >= 0.3 is 6.03 Å². The Hall–Kier alpha value is -1.80. The summed E-state index contributed by atoms with van der Waals surface area (Å²) in [6.45, 7) is 1.07. The SMILES string of the molecule is O=C(NC[C@]1(O)CCCNC1)Nc1cc(F)cc(F)c1F. The number of urea groups is 1. The predicted octanol–water partition coefficient (Wildman–Crippen LogP) is 1.34. The molecule has 2 rings (SSSR count). The van der Waals surface area contributed by atoms with Crippen molar-refractivity contribution in [3.63, 3.8) is 0 Å². The molecule has 4 N–H and O–H groups in total. The summed E-state index contributed by atoms with van der Waals surface area (Å²) in [6.07, 6.45) is 1.28. The molecular formula is C13H16F3N3O2. The number of aliphatic hydroxyl groups is 1. The lowest BCUT2D eigenvalue weighted by Gasteiger charge is -2.32. The molecule has 0 spiro atoms. The van der Waals surface area contributed by atoms with E-state index in [9.17, 15) is 23.1 Å². The van der Waals surface area contributed by atoms with Gasteiger partial charge in [-0.3, -0.25) is 0 Å². The molecule has 1 aromatic rings. The zero-order valence-electron chi connectivity index (χ0n) is 11.2. The van der Waals surface area contributed by atoms with E-state index in [4.69, 9.17) is 0 Å². The molecule has 0 saturated carbocycles. The fourth-order valence-electron chi connectivity index (χ4n) is 2.16. The van der Waals surface area contributed by atoms with Crippen LogP contribution in [0, 0.1) is 17.5 Å². The van der Waals surface area contributed by atoms with Crippen LogP contribution in [0.5, 0.6) is 0 Å². The summed E-state index contributed by atoms with van der Waals surface area (Å²) >= 11 is 0.